The predicted molar refractivity (Wildman–Crippen MR) is 67.2 cm³/mol. The number of alkyl halides is 1. The lowest BCUT2D eigenvalue weighted by Crippen LogP contribution is -2.27. The van der Waals surface area contributed by atoms with Crippen LogP contribution in [0, 0.1) is 23.7 Å². The van der Waals surface area contributed by atoms with E-state index in [0.717, 1.165) is 17.8 Å². The average molecular weight is 226 g/mol. The molecule has 2 aliphatic carbocycles. The van der Waals surface area contributed by atoms with Crippen LogP contribution in [0.3, 0.4) is 0 Å². The van der Waals surface area contributed by atoms with Crippen molar-refractivity contribution in [3.8, 4) is 0 Å². The summed E-state index contributed by atoms with van der Waals surface area (Å²) in [6.07, 6.45) is 12.1. The van der Waals surface area contributed by atoms with Gasteiger partial charge in [0.1, 0.15) is 0 Å². The zero-order valence-corrected chi connectivity index (χ0v) is 10.8. The summed E-state index contributed by atoms with van der Waals surface area (Å²) < 4.78 is 13.1. The van der Waals surface area contributed by atoms with Crippen molar-refractivity contribution >= 4 is 0 Å². The van der Waals surface area contributed by atoms with Crippen LogP contribution in [0.25, 0.3) is 0 Å². The molecule has 94 valence electrons. The Labute approximate surface area is 100 Å². The SMILES string of the molecule is CCC(CC1CCC1)CC(CF)C1CCC1. The second-order valence-electron chi connectivity index (χ2n) is 6.15. The molecule has 0 nitrogen and oxygen atoms in total. The van der Waals surface area contributed by atoms with Gasteiger partial charge in [-0.15, -0.1) is 0 Å². The van der Waals surface area contributed by atoms with Crippen LogP contribution in [-0.2, 0) is 0 Å². The Hall–Kier alpha value is -0.0700. The standard InChI is InChI=1S/C15H27F/c1-2-12(9-13-5-3-6-13)10-15(11-16)14-7-4-8-14/h12-15H,2-11H2,1H3. The Balaban J connectivity index is 1.73. The Kier molecular flexibility index (Phi) is 4.66. The molecule has 0 radical (unpaired) electrons. The van der Waals surface area contributed by atoms with Crippen LogP contribution in [0.15, 0.2) is 0 Å². The summed E-state index contributed by atoms with van der Waals surface area (Å²) in [5.74, 6) is 2.94. The van der Waals surface area contributed by atoms with Crippen molar-refractivity contribution in [2.75, 3.05) is 6.67 Å². The van der Waals surface area contributed by atoms with E-state index in [1.165, 1.54) is 57.8 Å². The molecule has 2 atom stereocenters. The van der Waals surface area contributed by atoms with Crippen LogP contribution in [-0.4, -0.2) is 6.67 Å². The molecule has 0 aliphatic heterocycles. The van der Waals surface area contributed by atoms with Crippen LogP contribution in [0.2, 0.25) is 0 Å². The van der Waals surface area contributed by atoms with E-state index in [1.807, 2.05) is 0 Å². The van der Waals surface area contributed by atoms with Crippen LogP contribution in [0.4, 0.5) is 4.39 Å². The lowest BCUT2D eigenvalue weighted by molar-refractivity contribution is 0.127. The van der Waals surface area contributed by atoms with E-state index < -0.39 is 0 Å². The topological polar surface area (TPSA) is 0 Å². The minimum absolute atomic E-state index is 0.0637. The van der Waals surface area contributed by atoms with Gasteiger partial charge in [0, 0.05) is 0 Å². The summed E-state index contributed by atoms with van der Waals surface area (Å²) in [4.78, 5) is 0. The first-order valence-electron chi connectivity index (χ1n) is 7.39. The van der Waals surface area contributed by atoms with Gasteiger partial charge in [0.25, 0.3) is 0 Å². The van der Waals surface area contributed by atoms with Gasteiger partial charge in [-0.1, -0.05) is 51.9 Å². The highest BCUT2D eigenvalue weighted by molar-refractivity contribution is 4.81. The molecule has 0 aromatic heterocycles. The molecule has 2 saturated carbocycles. The molecule has 1 heteroatoms. The van der Waals surface area contributed by atoms with Crippen LogP contribution in [0.5, 0.6) is 0 Å². The third-order valence-electron chi connectivity index (χ3n) is 5.12. The molecule has 2 aliphatic rings. The van der Waals surface area contributed by atoms with E-state index in [1.54, 1.807) is 0 Å². The Bertz CT molecular complexity index is 194. The summed E-state index contributed by atoms with van der Waals surface area (Å²) in [5.41, 5.74) is 0. The molecule has 0 heterocycles. The van der Waals surface area contributed by atoms with Gasteiger partial charge >= 0.3 is 0 Å². The monoisotopic (exact) mass is 226 g/mol. The summed E-state index contributed by atoms with van der Waals surface area (Å²) in [6, 6.07) is 0. The van der Waals surface area contributed by atoms with Gasteiger partial charge in [0.15, 0.2) is 0 Å². The maximum atomic E-state index is 13.1. The molecule has 2 unspecified atom stereocenters. The van der Waals surface area contributed by atoms with E-state index >= 15 is 0 Å². The average Bonchev–Trinajstić information content (AvgIpc) is 2.16. The second-order valence-corrected chi connectivity index (χ2v) is 6.15. The number of rotatable bonds is 7. The highest BCUT2D eigenvalue weighted by atomic mass is 19.1. The Morgan fingerprint density at radius 1 is 1.12 bits per heavy atom. The number of halogens is 1. The fourth-order valence-electron chi connectivity index (χ4n) is 3.35. The maximum Gasteiger partial charge on any atom is 0.0925 e. The molecule has 16 heavy (non-hydrogen) atoms. The van der Waals surface area contributed by atoms with Crippen molar-refractivity contribution < 1.29 is 4.39 Å². The van der Waals surface area contributed by atoms with Crippen LogP contribution >= 0.6 is 0 Å². The van der Waals surface area contributed by atoms with E-state index in [0.29, 0.717) is 5.92 Å². The van der Waals surface area contributed by atoms with Crippen molar-refractivity contribution in [3.05, 3.63) is 0 Å². The van der Waals surface area contributed by atoms with Crippen molar-refractivity contribution in [2.45, 2.75) is 64.7 Å². The first-order valence-corrected chi connectivity index (χ1v) is 7.39. The zero-order valence-electron chi connectivity index (χ0n) is 10.8. The summed E-state index contributed by atoms with van der Waals surface area (Å²) in [7, 11) is 0. The minimum atomic E-state index is -0.0637. The maximum absolute atomic E-state index is 13.1. The lowest BCUT2D eigenvalue weighted by Gasteiger charge is -2.36. The zero-order chi connectivity index (χ0) is 11.4. The quantitative estimate of drug-likeness (QED) is 0.574. The molecule has 2 rings (SSSR count). The second kappa shape index (κ2) is 6.02. The molecular weight excluding hydrogens is 199 g/mol. The lowest BCUT2D eigenvalue weighted by atomic mass is 9.70. The van der Waals surface area contributed by atoms with Gasteiger partial charge in [-0.3, -0.25) is 4.39 Å². The van der Waals surface area contributed by atoms with Crippen molar-refractivity contribution in [1.29, 1.82) is 0 Å². The normalized spacial score (nSPS) is 25.9. The van der Waals surface area contributed by atoms with Crippen LogP contribution < -0.4 is 0 Å². The molecule has 0 N–H and O–H groups in total. The molecule has 2 fully saturated rings. The van der Waals surface area contributed by atoms with E-state index in [-0.39, 0.29) is 6.67 Å². The van der Waals surface area contributed by atoms with Gasteiger partial charge in [-0.2, -0.15) is 0 Å². The van der Waals surface area contributed by atoms with E-state index in [4.69, 9.17) is 0 Å². The highest BCUT2D eigenvalue weighted by Gasteiger charge is 2.30. The van der Waals surface area contributed by atoms with Crippen molar-refractivity contribution in [3.63, 3.8) is 0 Å². The fourth-order valence-corrected chi connectivity index (χ4v) is 3.35. The Morgan fingerprint density at radius 3 is 2.19 bits per heavy atom. The fraction of sp³-hybridized carbons (Fsp3) is 1.00. The predicted octanol–water partition coefficient (Wildman–Crippen LogP) is 4.98. The summed E-state index contributed by atoms with van der Waals surface area (Å²) >= 11 is 0. The summed E-state index contributed by atoms with van der Waals surface area (Å²) in [5, 5.41) is 0. The Morgan fingerprint density at radius 2 is 1.81 bits per heavy atom. The molecule has 0 amide bonds. The minimum Gasteiger partial charge on any atom is -0.251 e. The molecule has 0 spiro atoms. The highest BCUT2D eigenvalue weighted by Crippen LogP contribution is 2.40. The first-order chi connectivity index (χ1) is 7.83. The van der Waals surface area contributed by atoms with E-state index in [9.17, 15) is 4.39 Å². The molecular formula is C15H27F. The largest absolute Gasteiger partial charge is 0.251 e. The van der Waals surface area contributed by atoms with Gasteiger partial charge in [-0.25, -0.2) is 0 Å². The number of hydrogen-bond donors (Lipinski definition) is 0. The van der Waals surface area contributed by atoms with E-state index in [2.05, 4.69) is 6.92 Å². The van der Waals surface area contributed by atoms with Gasteiger partial charge in [0.2, 0.25) is 0 Å². The van der Waals surface area contributed by atoms with Crippen molar-refractivity contribution in [1.82, 2.24) is 0 Å². The molecule has 0 aromatic carbocycles. The van der Waals surface area contributed by atoms with Gasteiger partial charge < -0.3 is 0 Å². The molecule has 0 saturated heterocycles. The smallest absolute Gasteiger partial charge is 0.0925 e. The first kappa shape index (κ1) is 12.4. The van der Waals surface area contributed by atoms with Crippen molar-refractivity contribution in [2.24, 2.45) is 23.7 Å². The summed E-state index contributed by atoms with van der Waals surface area (Å²) in [6.45, 7) is 2.23. The molecule has 0 aromatic rings. The number of hydrogen-bond acceptors (Lipinski definition) is 0. The molecule has 0 bridgehead atoms. The third-order valence-corrected chi connectivity index (χ3v) is 5.12. The third kappa shape index (κ3) is 2.99. The van der Waals surface area contributed by atoms with Gasteiger partial charge in [0.05, 0.1) is 6.67 Å². The van der Waals surface area contributed by atoms with Gasteiger partial charge in [-0.05, 0) is 36.5 Å². The van der Waals surface area contributed by atoms with Crippen LogP contribution in [0.1, 0.15) is 64.7 Å².